The Morgan fingerprint density at radius 3 is 1.75 bits per heavy atom. The molecule has 0 rings (SSSR count). The second-order valence-corrected chi connectivity index (χ2v) is 1.16. The molecule has 44 valence electrons. The third-order valence-corrected chi connectivity index (χ3v) is 0.454. The van der Waals surface area contributed by atoms with Gasteiger partial charge in [0.2, 0.25) is 0 Å². The SMILES string of the molecule is O=[S-](=O)OC(F)F.[Li+]. The van der Waals surface area contributed by atoms with Gasteiger partial charge < -0.3 is 12.6 Å². The van der Waals surface area contributed by atoms with Gasteiger partial charge in [0.25, 0.3) is 0 Å². The zero-order chi connectivity index (χ0) is 5.86. The zero-order valence-electron chi connectivity index (χ0n) is 3.97. The fraction of sp³-hybridized carbons (Fsp3) is 1.00. The van der Waals surface area contributed by atoms with E-state index in [0.29, 0.717) is 0 Å². The Hall–Kier alpha value is 0.367. The third-order valence-electron chi connectivity index (χ3n) is 0.151. The van der Waals surface area contributed by atoms with Gasteiger partial charge in [0.15, 0.2) is 0 Å². The molecule has 0 aliphatic carbocycles. The van der Waals surface area contributed by atoms with Crippen LogP contribution in [0.15, 0.2) is 0 Å². The van der Waals surface area contributed by atoms with Crippen LogP contribution in [0.5, 0.6) is 0 Å². The van der Waals surface area contributed by atoms with Crippen molar-refractivity contribution in [2.24, 2.45) is 0 Å². The molecule has 0 aromatic carbocycles. The number of alkyl halides is 2. The summed E-state index contributed by atoms with van der Waals surface area (Å²) in [5, 5.41) is 0. The summed E-state index contributed by atoms with van der Waals surface area (Å²) in [5.74, 6) is 0. The summed E-state index contributed by atoms with van der Waals surface area (Å²) in [7, 11) is -3.10. The van der Waals surface area contributed by atoms with Crippen molar-refractivity contribution < 1.29 is 40.2 Å². The van der Waals surface area contributed by atoms with Crippen LogP contribution in [-0.2, 0) is 23.6 Å². The summed E-state index contributed by atoms with van der Waals surface area (Å²) in [4.78, 5) is 0. The molecule has 0 spiro atoms. The molecule has 0 atom stereocenters. The van der Waals surface area contributed by atoms with Gasteiger partial charge in [0.05, 0.1) is 11.0 Å². The van der Waals surface area contributed by atoms with Crippen LogP contribution in [0.2, 0.25) is 0 Å². The normalized spacial score (nSPS) is 9.50. The average molecular weight is 138 g/mol. The van der Waals surface area contributed by atoms with Gasteiger partial charge in [-0.1, -0.05) is 0 Å². The number of hydrogen-bond acceptors (Lipinski definition) is 4. The Morgan fingerprint density at radius 2 is 1.75 bits per heavy atom. The second kappa shape index (κ2) is 5.50. The van der Waals surface area contributed by atoms with E-state index in [4.69, 9.17) is 8.42 Å². The predicted molar refractivity (Wildman–Crippen MR) is 15.8 cm³/mol. The van der Waals surface area contributed by atoms with E-state index in [9.17, 15) is 8.78 Å². The molecule has 0 fully saturated rings. The zero-order valence-corrected chi connectivity index (χ0v) is 4.78. The molecule has 0 aliphatic heterocycles. The summed E-state index contributed by atoms with van der Waals surface area (Å²) in [6, 6.07) is 0. The topological polar surface area (TPSA) is 43.4 Å². The Labute approximate surface area is 58.3 Å². The van der Waals surface area contributed by atoms with E-state index in [-0.39, 0.29) is 18.9 Å². The monoisotopic (exact) mass is 138 g/mol. The van der Waals surface area contributed by atoms with Crippen molar-refractivity contribution in [2.45, 2.75) is 6.61 Å². The molecule has 0 saturated heterocycles. The third kappa shape index (κ3) is 9.62. The first kappa shape index (κ1) is 11.2. The first-order valence-corrected chi connectivity index (χ1v) is 2.17. The van der Waals surface area contributed by atoms with Gasteiger partial charge in [-0.15, -0.1) is 0 Å². The fourth-order valence-electron chi connectivity index (χ4n) is 0.0594. The van der Waals surface area contributed by atoms with Crippen LogP contribution in [0.25, 0.3) is 0 Å². The minimum absolute atomic E-state index is 0. The molecular formula is CHF2LiO3S. The van der Waals surface area contributed by atoms with Crippen molar-refractivity contribution in [3.05, 3.63) is 0 Å². The van der Waals surface area contributed by atoms with Crippen molar-refractivity contribution in [1.29, 1.82) is 0 Å². The molecule has 0 aromatic rings. The van der Waals surface area contributed by atoms with Gasteiger partial charge in [-0.2, -0.15) is 8.78 Å². The van der Waals surface area contributed by atoms with E-state index in [1.165, 1.54) is 0 Å². The maximum atomic E-state index is 10.7. The molecule has 8 heavy (non-hydrogen) atoms. The fourth-order valence-corrected chi connectivity index (χ4v) is 0.178. The Kier molecular flexibility index (Phi) is 7.71. The van der Waals surface area contributed by atoms with Crippen LogP contribution in [-0.4, -0.2) is 6.61 Å². The Morgan fingerprint density at radius 1 is 1.38 bits per heavy atom. The van der Waals surface area contributed by atoms with Crippen molar-refractivity contribution in [3.8, 4) is 0 Å². The molecule has 0 saturated carbocycles. The summed E-state index contributed by atoms with van der Waals surface area (Å²) in [6.07, 6.45) is 0. The number of hydrogen-bond donors (Lipinski definition) is 0. The minimum atomic E-state index is -3.24. The van der Waals surface area contributed by atoms with Crippen LogP contribution in [0.4, 0.5) is 8.78 Å². The summed E-state index contributed by atoms with van der Waals surface area (Å²) in [6.45, 7) is -3.24. The number of halogens is 2. The summed E-state index contributed by atoms with van der Waals surface area (Å²) in [5.41, 5.74) is 0. The largest absolute Gasteiger partial charge is 1.00 e. The molecule has 0 unspecified atom stereocenters. The minimum Gasteiger partial charge on any atom is -0.397 e. The van der Waals surface area contributed by atoms with Gasteiger partial charge in [-0.25, -0.2) is 0 Å². The molecule has 0 aliphatic rings. The van der Waals surface area contributed by atoms with E-state index >= 15 is 0 Å². The first-order valence-electron chi connectivity index (χ1n) is 1.17. The molecule has 0 bridgehead atoms. The van der Waals surface area contributed by atoms with E-state index in [2.05, 4.69) is 4.18 Å². The predicted octanol–water partition coefficient (Wildman–Crippen LogP) is -2.55. The van der Waals surface area contributed by atoms with Gasteiger partial charge in [0.1, 0.15) is 0 Å². The van der Waals surface area contributed by atoms with Crippen LogP contribution in [0, 0.1) is 0 Å². The maximum Gasteiger partial charge on any atom is 1.00 e. The van der Waals surface area contributed by atoms with Crippen molar-refractivity contribution >= 4 is 11.0 Å². The van der Waals surface area contributed by atoms with Crippen molar-refractivity contribution in [3.63, 3.8) is 0 Å². The molecule has 3 nitrogen and oxygen atoms in total. The molecule has 7 heteroatoms. The van der Waals surface area contributed by atoms with Gasteiger partial charge in [0, 0.05) is 0 Å². The van der Waals surface area contributed by atoms with E-state index in [1.54, 1.807) is 0 Å². The van der Waals surface area contributed by atoms with Crippen molar-refractivity contribution in [2.75, 3.05) is 0 Å². The smallest absolute Gasteiger partial charge is 0.397 e. The molecular weight excluding hydrogens is 137 g/mol. The van der Waals surface area contributed by atoms with Gasteiger partial charge >= 0.3 is 25.5 Å². The molecule has 0 radical (unpaired) electrons. The average Bonchev–Trinajstić information content (AvgIpc) is 1.27. The molecule has 0 amide bonds. The maximum absolute atomic E-state index is 10.7. The molecule has 0 aromatic heterocycles. The van der Waals surface area contributed by atoms with Gasteiger partial charge in [-0.05, 0) is 0 Å². The van der Waals surface area contributed by atoms with Crippen LogP contribution >= 0.6 is 0 Å². The van der Waals surface area contributed by atoms with Crippen molar-refractivity contribution in [1.82, 2.24) is 0 Å². The Balaban J connectivity index is 0. The van der Waals surface area contributed by atoms with E-state index in [0.717, 1.165) is 0 Å². The van der Waals surface area contributed by atoms with Crippen LogP contribution < -0.4 is 18.9 Å². The summed E-state index contributed by atoms with van der Waals surface area (Å²) < 4.78 is 42.4. The molecule has 0 N–H and O–H groups in total. The van der Waals surface area contributed by atoms with Gasteiger partial charge in [-0.3, -0.25) is 0 Å². The van der Waals surface area contributed by atoms with Crippen LogP contribution in [0.3, 0.4) is 0 Å². The first-order chi connectivity index (χ1) is 3.13. The standard InChI is InChI=1S/CHF2O3S.Li/c2-1(3)6-7(4)5;/h1H;/q-1;+1. The van der Waals surface area contributed by atoms with Crippen LogP contribution in [0.1, 0.15) is 0 Å². The van der Waals surface area contributed by atoms with E-state index < -0.39 is 17.6 Å². The van der Waals surface area contributed by atoms with E-state index in [1.807, 2.05) is 0 Å². The quantitative estimate of drug-likeness (QED) is 0.312. The number of rotatable bonds is 2. The summed E-state index contributed by atoms with van der Waals surface area (Å²) >= 11 is 0. The Bertz CT molecular complexity index is 104. The second-order valence-electron chi connectivity index (χ2n) is 0.561. The molecule has 0 heterocycles.